The Hall–Kier alpha value is -1.13. The Balaban J connectivity index is 2.49. The van der Waals surface area contributed by atoms with Gasteiger partial charge in [0.2, 0.25) is 0 Å². The molecule has 2 N–H and O–H groups in total. The van der Waals surface area contributed by atoms with Gasteiger partial charge in [-0.25, -0.2) is 0 Å². The Kier molecular flexibility index (Phi) is 5.22. The van der Waals surface area contributed by atoms with Gasteiger partial charge in [-0.2, -0.15) is 5.10 Å². The molecule has 0 spiro atoms. The van der Waals surface area contributed by atoms with Crippen LogP contribution < -0.4 is 10.7 Å². The molecule has 0 amide bonds. The van der Waals surface area contributed by atoms with Crippen molar-refractivity contribution in [1.82, 2.24) is 10.7 Å². The fourth-order valence-corrected chi connectivity index (χ4v) is 1.51. The van der Waals surface area contributed by atoms with Crippen molar-refractivity contribution in [2.45, 2.75) is 19.9 Å². The lowest BCUT2D eigenvalue weighted by molar-refractivity contribution is 0.720. The molecule has 0 aliphatic heterocycles. The second kappa shape index (κ2) is 6.45. The Bertz CT molecular complexity index is 391. The van der Waals surface area contributed by atoms with E-state index in [1.54, 1.807) is 6.21 Å². The summed E-state index contributed by atoms with van der Waals surface area (Å²) in [6.07, 6.45) is 1.64. The van der Waals surface area contributed by atoms with Gasteiger partial charge in [-0.1, -0.05) is 29.8 Å². The summed E-state index contributed by atoms with van der Waals surface area (Å²) in [5, 5.41) is 8.17. The molecule has 1 aromatic rings. The average molecular weight is 256 g/mol. The van der Waals surface area contributed by atoms with E-state index in [1.165, 1.54) is 0 Å². The highest BCUT2D eigenvalue weighted by atomic mass is 35.5. The predicted molar refractivity (Wildman–Crippen MR) is 73.1 cm³/mol. The largest absolute Gasteiger partial charge is 0.359 e. The molecule has 0 aliphatic rings. The van der Waals surface area contributed by atoms with Gasteiger partial charge in [-0.3, -0.25) is 5.43 Å². The molecule has 5 heteroatoms. The summed E-state index contributed by atoms with van der Waals surface area (Å²) in [4.78, 5) is 0. The molecular formula is C11H14ClN3S. The van der Waals surface area contributed by atoms with Crippen LogP contribution in [0.25, 0.3) is 0 Å². The molecule has 0 fully saturated rings. The smallest absolute Gasteiger partial charge is 0.187 e. The van der Waals surface area contributed by atoms with Crippen molar-refractivity contribution >= 4 is 35.1 Å². The van der Waals surface area contributed by atoms with Crippen molar-refractivity contribution in [3.8, 4) is 0 Å². The number of hydrogen-bond acceptors (Lipinski definition) is 2. The maximum atomic E-state index is 5.96. The second-order valence-electron chi connectivity index (χ2n) is 3.52. The molecule has 0 aromatic heterocycles. The van der Waals surface area contributed by atoms with Crippen LogP contribution in [0, 0.1) is 0 Å². The number of nitrogens with one attached hydrogen (secondary N) is 2. The van der Waals surface area contributed by atoms with Crippen LogP contribution in [0.5, 0.6) is 0 Å². The van der Waals surface area contributed by atoms with Crippen molar-refractivity contribution in [2.75, 3.05) is 0 Å². The average Bonchev–Trinajstić information content (AvgIpc) is 2.19. The fourth-order valence-electron chi connectivity index (χ4n) is 1.03. The van der Waals surface area contributed by atoms with E-state index in [0.29, 0.717) is 10.1 Å². The lowest BCUT2D eigenvalue weighted by Crippen LogP contribution is -2.36. The van der Waals surface area contributed by atoms with Crippen LogP contribution in [0.4, 0.5) is 0 Å². The van der Waals surface area contributed by atoms with Crippen LogP contribution in [0.2, 0.25) is 5.02 Å². The summed E-state index contributed by atoms with van der Waals surface area (Å²) < 4.78 is 0. The highest BCUT2D eigenvalue weighted by Crippen LogP contribution is 2.11. The predicted octanol–water partition coefficient (Wildman–Crippen LogP) is 2.55. The van der Waals surface area contributed by atoms with Gasteiger partial charge >= 0.3 is 0 Å². The van der Waals surface area contributed by atoms with Crippen LogP contribution in [0.15, 0.2) is 29.4 Å². The molecule has 0 saturated heterocycles. The Morgan fingerprint density at radius 3 is 2.75 bits per heavy atom. The zero-order valence-electron chi connectivity index (χ0n) is 9.20. The summed E-state index contributed by atoms with van der Waals surface area (Å²) in [6, 6.07) is 7.76. The normalized spacial score (nSPS) is 10.8. The number of halogens is 1. The third-order valence-corrected chi connectivity index (χ3v) is 2.25. The molecule has 3 nitrogen and oxygen atoms in total. The number of rotatable bonds is 3. The minimum absolute atomic E-state index is 0.288. The minimum atomic E-state index is 0.288. The van der Waals surface area contributed by atoms with Crippen LogP contribution in [0.3, 0.4) is 0 Å². The van der Waals surface area contributed by atoms with Crippen LogP contribution in [-0.2, 0) is 0 Å². The van der Waals surface area contributed by atoms with Crippen LogP contribution in [0.1, 0.15) is 19.4 Å². The molecule has 0 saturated carbocycles. The number of nitrogens with zero attached hydrogens (tertiary/aromatic N) is 1. The molecule has 16 heavy (non-hydrogen) atoms. The molecule has 1 rings (SSSR count). The van der Waals surface area contributed by atoms with E-state index >= 15 is 0 Å². The van der Waals surface area contributed by atoms with Crippen LogP contribution >= 0.6 is 23.8 Å². The van der Waals surface area contributed by atoms with E-state index in [1.807, 2.05) is 38.1 Å². The maximum absolute atomic E-state index is 5.96. The zero-order chi connectivity index (χ0) is 12.0. The first-order valence-electron chi connectivity index (χ1n) is 4.93. The highest BCUT2D eigenvalue weighted by Gasteiger charge is 1.96. The number of thiocarbonyl (C=S) groups is 1. The summed E-state index contributed by atoms with van der Waals surface area (Å²) in [5.74, 6) is 0. The zero-order valence-corrected chi connectivity index (χ0v) is 10.8. The van der Waals surface area contributed by atoms with Gasteiger partial charge in [0.1, 0.15) is 0 Å². The molecule has 86 valence electrons. The quantitative estimate of drug-likeness (QED) is 0.495. The number of hydrogen-bond donors (Lipinski definition) is 2. The first-order chi connectivity index (χ1) is 7.59. The second-order valence-corrected chi connectivity index (χ2v) is 4.34. The lowest BCUT2D eigenvalue weighted by Gasteiger charge is -2.09. The third kappa shape index (κ3) is 4.59. The third-order valence-electron chi connectivity index (χ3n) is 1.69. The molecule has 0 heterocycles. The van der Waals surface area contributed by atoms with E-state index in [2.05, 4.69) is 15.8 Å². The van der Waals surface area contributed by atoms with Gasteiger partial charge in [0.25, 0.3) is 0 Å². The molecular weight excluding hydrogens is 242 g/mol. The van der Waals surface area contributed by atoms with Gasteiger partial charge in [0.15, 0.2) is 5.11 Å². The number of hydrazone groups is 1. The van der Waals surface area contributed by atoms with Gasteiger partial charge in [-0.05, 0) is 32.1 Å². The van der Waals surface area contributed by atoms with Gasteiger partial charge in [-0.15, -0.1) is 0 Å². The topological polar surface area (TPSA) is 36.4 Å². The first kappa shape index (κ1) is 12.9. The van der Waals surface area contributed by atoms with E-state index in [0.717, 1.165) is 5.56 Å². The molecule has 1 aromatic carbocycles. The van der Waals surface area contributed by atoms with Gasteiger partial charge < -0.3 is 5.32 Å². The summed E-state index contributed by atoms with van der Waals surface area (Å²) in [6.45, 7) is 4.01. The van der Waals surface area contributed by atoms with Crippen molar-refractivity contribution in [3.63, 3.8) is 0 Å². The van der Waals surface area contributed by atoms with E-state index < -0.39 is 0 Å². The minimum Gasteiger partial charge on any atom is -0.359 e. The Morgan fingerprint density at radius 2 is 2.12 bits per heavy atom. The number of benzene rings is 1. The molecule has 0 bridgehead atoms. The van der Waals surface area contributed by atoms with E-state index in [9.17, 15) is 0 Å². The summed E-state index contributed by atoms with van der Waals surface area (Å²) >= 11 is 11.0. The Morgan fingerprint density at radius 1 is 1.44 bits per heavy atom. The monoisotopic (exact) mass is 255 g/mol. The maximum Gasteiger partial charge on any atom is 0.187 e. The molecule has 0 atom stereocenters. The molecule has 0 unspecified atom stereocenters. The standard InChI is InChI=1S/C11H14ClN3S/c1-8(2)14-11(16)15-13-7-9-5-3-4-6-10(9)12/h3-8H,1-2H3,(H2,14,15,16)/b13-7-. The van der Waals surface area contributed by atoms with Crippen molar-refractivity contribution in [1.29, 1.82) is 0 Å². The molecule has 0 aliphatic carbocycles. The van der Waals surface area contributed by atoms with Crippen molar-refractivity contribution < 1.29 is 0 Å². The van der Waals surface area contributed by atoms with Crippen molar-refractivity contribution in [2.24, 2.45) is 5.10 Å². The summed E-state index contributed by atoms with van der Waals surface area (Å²) in [7, 11) is 0. The Labute approximate surface area is 106 Å². The lowest BCUT2D eigenvalue weighted by atomic mass is 10.2. The fraction of sp³-hybridized carbons (Fsp3) is 0.273. The van der Waals surface area contributed by atoms with Crippen molar-refractivity contribution in [3.05, 3.63) is 34.9 Å². The van der Waals surface area contributed by atoms with Gasteiger partial charge in [0.05, 0.1) is 6.21 Å². The highest BCUT2D eigenvalue weighted by molar-refractivity contribution is 7.80. The SMILES string of the molecule is CC(C)NC(=S)N/N=C\c1ccccc1Cl. The van der Waals surface area contributed by atoms with E-state index in [4.69, 9.17) is 23.8 Å². The van der Waals surface area contributed by atoms with E-state index in [-0.39, 0.29) is 6.04 Å². The summed E-state index contributed by atoms with van der Waals surface area (Å²) in [5.41, 5.74) is 3.57. The van der Waals surface area contributed by atoms with Gasteiger partial charge in [0, 0.05) is 16.6 Å². The first-order valence-corrected chi connectivity index (χ1v) is 5.72. The van der Waals surface area contributed by atoms with Crippen LogP contribution in [-0.4, -0.2) is 17.4 Å². The molecule has 0 radical (unpaired) electrons.